The zero-order chi connectivity index (χ0) is 9.40. The lowest BCUT2D eigenvalue weighted by Gasteiger charge is -1.85. The quantitative estimate of drug-likeness (QED) is 0.598. The Hall–Kier alpha value is -1.29. The van der Waals surface area contributed by atoms with E-state index in [1.807, 2.05) is 0 Å². The van der Waals surface area contributed by atoms with Crippen LogP contribution in [-0.2, 0) is 4.74 Å². The first-order valence-electron chi connectivity index (χ1n) is 3.21. The van der Waals surface area contributed by atoms with Crippen LogP contribution in [0.5, 0.6) is 0 Å². The summed E-state index contributed by atoms with van der Waals surface area (Å²) in [6.45, 7) is 0. The van der Waals surface area contributed by atoms with E-state index in [1.165, 1.54) is 12.1 Å². The molecule has 0 unspecified atom stereocenters. The van der Waals surface area contributed by atoms with Crippen molar-refractivity contribution >= 4 is 6.29 Å². The molecule has 0 spiro atoms. The molecule has 0 amide bonds. The number of aldehydes is 1. The third-order valence-electron chi connectivity index (χ3n) is 0.871. The summed E-state index contributed by atoms with van der Waals surface area (Å²) in [4.78, 5) is 13.4. The highest BCUT2D eigenvalue weighted by atomic mass is 19.1. The van der Waals surface area contributed by atoms with Crippen molar-refractivity contribution in [2.45, 2.75) is 0 Å². The molecule has 12 heavy (non-hydrogen) atoms. The molecule has 0 aliphatic heterocycles. The van der Waals surface area contributed by atoms with E-state index >= 15 is 0 Å². The van der Waals surface area contributed by atoms with Crippen LogP contribution in [0.3, 0.4) is 0 Å². The molecule has 1 aromatic rings. The van der Waals surface area contributed by atoms with E-state index in [4.69, 9.17) is 0 Å². The van der Waals surface area contributed by atoms with Crippen LogP contribution in [0, 0.1) is 5.82 Å². The Morgan fingerprint density at radius 3 is 2.42 bits per heavy atom. The van der Waals surface area contributed by atoms with E-state index in [0.717, 1.165) is 6.20 Å². The van der Waals surface area contributed by atoms with Crippen molar-refractivity contribution in [2.75, 3.05) is 14.2 Å². The van der Waals surface area contributed by atoms with Gasteiger partial charge in [0, 0.05) is 14.2 Å². The number of nitrogens with zero attached hydrogens (tertiary/aromatic N) is 1. The van der Waals surface area contributed by atoms with Crippen LogP contribution >= 0.6 is 0 Å². The third-order valence-corrected chi connectivity index (χ3v) is 0.871. The molecule has 1 heterocycles. The lowest BCUT2D eigenvalue weighted by atomic mass is 10.4. The van der Waals surface area contributed by atoms with Crippen molar-refractivity contribution in [1.29, 1.82) is 0 Å². The first-order chi connectivity index (χ1) is 5.74. The van der Waals surface area contributed by atoms with Crippen LogP contribution in [0.25, 0.3) is 0 Å². The Kier molecular flexibility index (Phi) is 5.73. The summed E-state index contributed by atoms with van der Waals surface area (Å²) in [6, 6.07) is 2.51. The number of carbonyl (C=O) groups excluding carboxylic acids is 1. The summed E-state index contributed by atoms with van der Waals surface area (Å²) in [5.74, 6) is -0.430. The lowest BCUT2D eigenvalue weighted by molar-refractivity contribution is 0.111. The highest BCUT2D eigenvalue weighted by Crippen LogP contribution is 1.93. The first kappa shape index (κ1) is 10.7. The smallest absolute Gasteiger partial charge is 0.168 e. The average Bonchev–Trinajstić information content (AvgIpc) is 2.07. The maximum atomic E-state index is 12.0. The molecule has 1 aromatic heterocycles. The van der Waals surface area contributed by atoms with Gasteiger partial charge in [-0.1, -0.05) is 0 Å². The number of carbonyl (C=O) groups is 1. The SMILES string of the molecule is COC.O=Cc1ccc(F)cn1. The number of hydrogen-bond acceptors (Lipinski definition) is 3. The van der Waals surface area contributed by atoms with Gasteiger partial charge in [-0.3, -0.25) is 9.78 Å². The van der Waals surface area contributed by atoms with Crippen molar-refractivity contribution < 1.29 is 13.9 Å². The van der Waals surface area contributed by atoms with Gasteiger partial charge in [-0.2, -0.15) is 0 Å². The van der Waals surface area contributed by atoms with Crippen LogP contribution in [-0.4, -0.2) is 25.5 Å². The van der Waals surface area contributed by atoms with Gasteiger partial charge in [-0.25, -0.2) is 4.39 Å². The Bertz CT molecular complexity index is 223. The predicted octanol–water partition coefficient (Wildman–Crippen LogP) is 1.30. The van der Waals surface area contributed by atoms with Crippen molar-refractivity contribution in [3.05, 3.63) is 29.8 Å². The van der Waals surface area contributed by atoms with E-state index in [2.05, 4.69) is 9.72 Å². The van der Waals surface area contributed by atoms with Crippen LogP contribution < -0.4 is 0 Å². The number of pyridine rings is 1. The standard InChI is InChI=1S/C6H4FNO.C2H6O/c7-5-1-2-6(4-9)8-3-5;1-3-2/h1-4H;1-2H3. The molecular weight excluding hydrogens is 161 g/mol. The van der Waals surface area contributed by atoms with E-state index < -0.39 is 5.82 Å². The van der Waals surface area contributed by atoms with Crippen molar-refractivity contribution in [3.63, 3.8) is 0 Å². The summed E-state index contributed by atoms with van der Waals surface area (Å²) in [6.07, 6.45) is 1.57. The topological polar surface area (TPSA) is 39.2 Å². The van der Waals surface area contributed by atoms with E-state index in [-0.39, 0.29) is 5.69 Å². The van der Waals surface area contributed by atoms with E-state index in [1.54, 1.807) is 14.2 Å². The molecule has 0 radical (unpaired) electrons. The number of halogens is 1. The van der Waals surface area contributed by atoms with Crippen LogP contribution in [0.4, 0.5) is 4.39 Å². The van der Waals surface area contributed by atoms with Crippen LogP contribution in [0.2, 0.25) is 0 Å². The molecule has 0 aliphatic carbocycles. The van der Waals surface area contributed by atoms with E-state index in [0.29, 0.717) is 6.29 Å². The number of aromatic nitrogens is 1. The van der Waals surface area contributed by atoms with Crippen LogP contribution in [0.15, 0.2) is 18.3 Å². The van der Waals surface area contributed by atoms with Gasteiger partial charge >= 0.3 is 0 Å². The fraction of sp³-hybridized carbons (Fsp3) is 0.250. The highest BCUT2D eigenvalue weighted by molar-refractivity contribution is 5.71. The van der Waals surface area contributed by atoms with Crippen LogP contribution in [0.1, 0.15) is 10.5 Å². The maximum absolute atomic E-state index is 12.0. The zero-order valence-corrected chi connectivity index (χ0v) is 6.95. The fourth-order valence-electron chi connectivity index (χ4n) is 0.457. The van der Waals surface area contributed by atoms with Gasteiger partial charge in [0.15, 0.2) is 6.29 Å². The van der Waals surface area contributed by atoms with Crippen molar-refractivity contribution in [3.8, 4) is 0 Å². The third kappa shape index (κ3) is 4.51. The lowest BCUT2D eigenvalue weighted by Crippen LogP contribution is -1.85. The molecule has 0 bridgehead atoms. The van der Waals surface area contributed by atoms with Gasteiger partial charge < -0.3 is 4.74 Å². The Balaban J connectivity index is 0.000000354. The molecule has 1 rings (SSSR count). The Morgan fingerprint density at radius 2 is 2.08 bits per heavy atom. The normalized spacial score (nSPS) is 8.25. The largest absolute Gasteiger partial charge is 0.388 e. The summed E-state index contributed by atoms with van der Waals surface area (Å²) in [7, 11) is 3.25. The fourth-order valence-corrected chi connectivity index (χ4v) is 0.457. The van der Waals surface area contributed by atoms with Gasteiger partial charge in [-0.15, -0.1) is 0 Å². The monoisotopic (exact) mass is 171 g/mol. The summed E-state index contributed by atoms with van der Waals surface area (Å²) in [5, 5.41) is 0. The Morgan fingerprint density at radius 1 is 1.50 bits per heavy atom. The number of ether oxygens (including phenoxy) is 1. The number of rotatable bonds is 1. The molecule has 0 N–H and O–H groups in total. The zero-order valence-electron chi connectivity index (χ0n) is 6.95. The highest BCUT2D eigenvalue weighted by Gasteiger charge is 1.89. The molecule has 0 aliphatic rings. The Labute approximate surface area is 70.2 Å². The molecule has 0 saturated carbocycles. The minimum Gasteiger partial charge on any atom is -0.388 e. The molecule has 4 heteroatoms. The van der Waals surface area contributed by atoms with Gasteiger partial charge in [0.2, 0.25) is 0 Å². The second-order valence-corrected chi connectivity index (χ2v) is 1.93. The minimum atomic E-state index is -0.430. The predicted molar refractivity (Wildman–Crippen MR) is 42.5 cm³/mol. The molecule has 0 saturated heterocycles. The second kappa shape index (κ2) is 6.42. The minimum absolute atomic E-state index is 0.247. The van der Waals surface area contributed by atoms with Crippen molar-refractivity contribution in [1.82, 2.24) is 4.98 Å². The van der Waals surface area contributed by atoms with Gasteiger partial charge in [0.05, 0.1) is 6.20 Å². The number of hydrogen-bond donors (Lipinski definition) is 0. The van der Waals surface area contributed by atoms with E-state index in [9.17, 15) is 9.18 Å². The van der Waals surface area contributed by atoms with Gasteiger partial charge in [0.1, 0.15) is 11.5 Å². The first-order valence-corrected chi connectivity index (χ1v) is 3.21. The second-order valence-electron chi connectivity index (χ2n) is 1.93. The molecule has 0 fully saturated rings. The molecule has 0 aromatic carbocycles. The molecule has 66 valence electrons. The maximum Gasteiger partial charge on any atom is 0.168 e. The molecule has 3 nitrogen and oxygen atoms in total. The number of methoxy groups -OCH3 is 1. The van der Waals surface area contributed by atoms with Gasteiger partial charge in [-0.05, 0) is 12.1 Å². The summed E-state index contributed by atoms with van der Waals surface area (Å²) in [5.41, 5.74) is 0.247. The van der Waals surface area contributed by atoms with Gasteiger partial charge in [0.25, 0.3) is 0 Å². The summed E-state index contributed by atoms with van der Waals surface area (Å²) >= 11 is 0. The average molecular weight is 171 g/mol. The molecule has 0 atom stereocenters. The van der Waals surface area contributed by atoms with Crippen molar-refractivity contribution in [2.24, 2.45) is 0 Å². The molecular formula is C8H10FNO2. The summed E-state index contributed by atoms with van der Waals surface area (Å²) < 4.78 is 16.3.